The highest BCUT2D eigenvalue weighted by molar-refractivity contribution is 6.33. The van der Waals surface area contributed by atoms with Gasteiger partial charge in [-0.2, -0.15) is 19.6 Å². The molecule has 0 unspecified atom stereocenters. The quantitative estimate of drug-likeness (QED) is 0.655. The number of hydrogen-bond acceptors (Lipinski definition) is 7. The monoisotopic (exact) mass is 430 g/mol. The number of amides is 2. The highest BCUT2D eigenvalue weighted by atomic mass is 35.5. The number of urea groups is 1. The number of carbonyl (C=O) groups is 1. The molecule has 0 aliphatic carbocycles. The number of carbonyl (C=O) groups excluding carboxylic acids is 1. The van der Waals surface area contributed by atoms with Crippen molar-refractivity contribution < 1.29 is 9.53 Å². The summed E-state index contributed by atoms with van der Waals surface area (Å²) in [5.74, 6) is 1.44. The first-order valence-corrected chi connectivity index (χ1v) is 9.89. The minimum atomic E-state index is -0.149. The summed E-state index contributed by atoms with van der Waals surface area (Å²) in [6, 6.07) is 5.39. The number of aryl methyl sites for hydroxylation is 1. The van der Waals surface area contributed by atoms with E-state index in [0.29, 0.717) is 36.3 Å². The molecule has 2 amide bonds. The second-order valence-corrected chi connectivity index (χ2v) is 7.62. The molecule has 1 atom stereocenters. The van der Waals surface area contributed by atoms with E-state index in [9.17, 15) is 4.79 Å². The lowest BCUT2D eigenvalue weighted by Crippen LogP contribution is -2.55. The van der Waals surface area contributed by atoms with Gasteiger partial charge in [0.05, 0.1) is 13.3 Å². The minimum Gasteiger partial charge on any atom is -0.497 e. The predicted molar refractivity (Wildman–Crippen MR) is 115 cm³/mol. The minimum absolute atomic E-state index is 0.0121. The summed E-state index contributed by atoms with van der Waals surface area (Å²) in [7, 11) is 1.62. The molecule has 3 heterocycles. The first-order valence-electron chi connectivity index (χ1n) is 9.51. The zero-order valence-corrected chi connectivity index (χ0v) is 17.7. The lowest BCUT2D eigenvalue weighted by molar-refractivity contribution is 0.199. The maximum absolute atomic E-state index is 12.8. The van der Waals surface area contributed by atoms with Crippen molar-refractivity contribution >= 4 is 40.9 Å². The van der Waals surface area contributed by atoms with Crippen LogP contribution in [0.5, 0.6) is 5.75 Å². The van der Waals surface area contributed by atoms with Gasteiger partial charge in [0, 0.05) is 31.4 Å². The van der Waals surface area contributed by atoms with Crippen molar-refractivity contribution in [3.05, 3.63) is 35.0 Å². The number of ether oxygens (including phenoxy) is 1. The number of nitrogens with zero attached hydrogens (tertiary/aromatic N) is 6. The Kier molecular flexibility index (Phi) is 5.25. The number of benzene rings is 1. The summed E-state index contributed by atoms with van der Waals surface area (Å²) >= 11 is 6.15. The van der Waals surface area contributed by atoms with Crippen LogP contribution in [0.3, 0.4) is 0 Å². The van der Waals surface area contributed by atoms with Gasteiger partial charge in [0.15, 0.2) is 5.65 Å². The normalized spacial score (nSPS) is 16.7. The lowest BCUT2D eigenvalue weighted by atomic mass is 10.2. The number of anilines is 3. The molecule has 1 aliphatic heterocycles. The molecule has 10 nitrogen and oxygen atoms in total. The van der Waals surface area contributed by atoms with Gasteiger partial charge in [0.25, 0.3) is 0 Å². The standard InChI is InChI=1S/C19H23ClN8O2/c1-11-8-13(30-3)4-5-15(11)23-19(29)26-6-7-27(12(2)10-26)18-25-17(21)24-16-14(20)9-22-28(16)18/h4-5,8-9,12H,6-7,10H2,1-3H3,(H2,21,24)(H,23,29)/t12-/m0/s1. The third-order valence-corrected chi connectivity index (χ3v) is 5.44. The van der Waals surface area contributed by atoms with Gasteiger partial charge in [0.2, 0.25) is 11.9 Å². The highest BCUT2D eigenvalue weighted by Crippen LogP contribution is 2.25. The van der Waals surface area contributed by atoms with Crippen LogP contribution in [0.25, 0.3) is 5.65 Å². The third kappa shape index (κ3) is 3.65. The van der Waals surface area contributed by atoms with Crippen LogP contribution < -0.4 is 20.7 Å². The van der Waals surface area contributed by atoms with Crippen LogP contribution in [0.15, 0.2) is 24.4 Å². The molecule has 2 aromatic heterocycles. The fourth-order valence-corrected chi connectivity index (χ4v) is 3.74. The van der Waals surface area contributed by atoms with Crippen molar-refractivity contribution in [2.45, 2.75) is 19.9 Å². The molecule has 11 heteroatoms. The van der Waals surface area contributed by atoms with Gasteiger partial charge in [-0.3, -0.25) is 0 Å². The van der Waals surface area contributed by atoms with Gasteiger partial charge < -0.3 is 25.6 Å². The van der Waals surface area contributed by atoms with Gasteiger partial charge in [0.1, 0.15) is 10.8 Å². The number of nitrogens with one attached hydrogen (secondary N) is 1. The largest absolute Gasteiger partial charge is 0.497 e. The van der Waals surface area contributed by atoms with Gasteiger partial charge in [-0.15, -0.1) is 0 Å². The van der Waals surface area contributed by atoms with Crippen molar-refractivity contribution in [3.63, 3.8) is 0 Å². The lowest BCUT2D eigenvalue weighted by Gasteiger charge is -2.40. The van der Waals surface area contributed by atoms with E-state index in [0.717, 1.165) is 17.0 Å². The number of aromatic nitrogens is 4. The van der Waals surface area contributed by atoms with E-state index in [2.05, 4.69) is 25.3 Å². The molecule has 1 fully saturated rings. The Morgan fingerprint density at radius 1 is 1.33 bits per heavy atom. The van der Waals surface area contributed by atoms with Crippen LogP contribution in [0, 0.1) is 6.92 Å². The number of piperazine rings is 1. The number of nitrogen functional groups attached to an aromatic ring is 1. The Morgan fingerprint density at radius 3 is 2.83 bits per heavy atom. The molecule has 30 heavy (non-hydrogen) atoms. The Labute approximate surface area is 178 Å². The molecule has 0 spiro atoms. The number of hydrogen-bond donors (Lipinski definition) is 2. The van der Waals surface area contributed by atoms with Crippen molar-refractivity contribution in [3.8, 4) is 5.75 Å². The molecular weight excluding hydrogens is 408 g/mol. The highest BCUT2D eigenvalue weighted by Gasteiger charge is 2.30. The van der Waals surface area contributed by atoms with Crippen molar-refractivity contribution in [1.82, 2.24) is 24.5 Å². The van der Waals surface area contributed by atoms with Gasteiger partial charge in [-0.25, -0.2) is 4.79 Å². The van der Waals surface area contributed by atoms with Crippen LogP contribution in [0.2, 0.25) is 5.02 Å². The van der Waals surface area contributed by atoms with E-state index in [4.69, 9.17) is 22.1 Å². The fraction of sp³-hybridized carbons (Fsp3) is 0.368. The zero-order chi connectivity index (χ0) is 21.4. The average molecular weight is 431 g/mol. The molecule has 0 radical (unpaired) electrons. The first-order chi connectivity index (χ1) is 14.4. The number of rotatable bonds is 3. The fourth-order valence-electron chi connectivity index (χ4n) is 3.58. The second-order valence-electron chi connectivity index (χ2n) is 7.21. The van der Waals surface area contributed by atoms with E-state index in [1.165, 1.54) is 6.20 Å². The summed E-state index contributed by atoms with van der Waals surface area (Å²) < 4.78 is 6.79. The predicted octanol–water partition coefficient (Wildman–Crippen LogP) is 2.42. The average Bonchev–Trinajstić information content (AvgIpc) is 3.09. The van der Waals surface area contributed by atoms with E-state index in [1.54, 1.807) is 16.5 Å². The van der Waals surface area contributed by atoms with Crippen LogP contribution >= 0.6 is 11.6 Å². The van der Waals surface area contributed by atoms with Crippen LogP contribution in [0.1, 0.15) is 12.5 Å². The van der Waals surface area contributed by atoms with E-state index in [1.807, 2.05) is 32.0 Å². The smallest absolute Gasteiger partial charge is 0.321 e. The van der Waals surface area contributed by atoms with Crippen LogP contribution in [-0.2, 0) is 0 Å². The second kappa shape index (κ2) is 7.86. The zero-order valence-electron chi connectivity index (χ0n) is 17.0. The molecular formula is C19H23ClN8O2. The SMILES string of the molecule is COc1ccc(NC(=O)N2CCN(c3nc(N)nc4c(Cl)cnn34)[C@@H](C)C2)c(C)c1. The van der Waals surface area contributed by atoms with Crippen molar-refractivity contribution in [2.24, 2.45) is 0 Å². The molecule has 3 aromatic rings. The summed E-state index contributed by atoms with van der Waals surface area (Å²) in [6.45, 7) is 5.55. The first kappa shape index (κ1) is 20.0. The molecule has 3 N–H and O–H groups in total. The number of halogens is 1. The maximum atomic E-state index is 12.8. The van der Waals surface area contributed by atoms with Gasteiger partial charge in [-0.05, 0) is 37.6 Å². The van der Waals surface area contributed by atoms with E-state index in [-0.39, 0.29) is 18.0 Å². The number of nitrogens with two attached hydrogens (primary N) is 1. The molecule has 1 aliphatic rings. The summed E-state index contributed by atoms with van der Waals surface area (Å²) in [6.07, 6.45) is 1.51. The molecule has 1 saturated heterocycles. The number of methoxy groups -OCH3 is 1. The van der Waals surface area contributed by atoms with E-state index < -0.39 is 0 Å². The third-order valence-electron chi connectivity index (χ3n) is 5.17. The van der Waals surface area contributed by atoms with E-state index >= 15 is 0 Å². The Bertz CT molecular complexity index is 1100. The molecule has 0 bridgehead atoms. The Hall–Kier alpha value is -3.27. The summed E-state index contributed by atoms with van der Waals surface area (Å²) in [4.78, 5) is 25.2. The maximum Gasteiger partial charge on any atom is 0.321 e. The number of fused-ring (bicyclic) bond motifs is 1. The summed E-state index contributed by atoms with van der Waals surface area (Å²) in [5, 5.41) is 7.65. The van der Waals surface area contributed by atoms with Crippen molar-refractivity contribution in [2.75, 3.05) is 42.7 Å². The Morgan fingerprint density at radius 2 is 2.13 bits per heavy atom. The molecule has 4 rings (SSSR count). The van der Waals surface area contributed by atoms with Crippen LogP contribution in [-0.4, -0.2) is 63.3 Å². The molecule has 1 aromatic carbocycles. The molecule has 158 valence electrons. The summed E-state index contributed by atoms with van der Waals surface area (Å²) in [5.41, 5.74) is 8.02. The Balaban J connectivity index is 1.49. The molecule has 0 saturated carbocycles. The van der Waals surface area contributed by atoms with Crippen molar-refractivity contribution in [1.29, 1.82) is 0 Å². The van der Waals surface area contributed by atoms with Gasteiger partial charge in [-0.1, -0.05) is 11.6 Å². The topological polar surface area (TPSA) is 114 Å². The van der Waals surface area contributed by atoms with Crippen LogP contribution in [0.4, 0.5) is 22.4 Å². The van der Waals surface area contributed by atoms with Gasteiger partial charge >= 0.3 is 6.03 Å².